The van der Waals surface area contributed by atoms with Gasteiger partial charge in [-0.1, -0.05) is 23.2 Å². The van der Waals surface area contributed by atoms with Crippen molar-refractivity contribution in [2.75, 3.05) is 0 Å². The van der Waals surface area contributed by atoms with Crippen molar-refractivity contribution in [3.8, 4) is 0 Å². The van der Waals surface area contributed by atoms with Crippen LogP contribution in [0.3, 0.4) is 0 Å². The van der Waals surface area contributed by atoms with Crippen molar-refractivity contribution in [3.63, 3.8) is 0 Å². The van der Waals surface area contributed by atoms with Crippen LogP contribution in [-0.4, -0.2) is 8.76 Å². The maximum Gasteiger partial charge on any atom is 1.00 e. The van der Waals surface area contributed by atoms with Gasteiger partial charge in [0, 0.05) is 9.92 Å². The number of halogens is 2. The Kier molecular flexibility index (Phi) is 5.75. The third-order valence-electron chi connectivity index (χ3n) is 1.75. The molecule has 1 aromatic carbocycles. The van der Waals surface area contributed by atoms with Crippen LogP contribution >= 0.6 is 23.2 Å². The third kappa shape index (κ3) is 2.76. The van der Waals surface area contributed by atoms with Gasteiger partial charge in [-0.05, 0) is 42.1 Å². The first kappa shape index (κ1) is 14.5. The molecule has 0 amide bonds. The SMILES string of the molecule is Cc1cc(Cl)c(C)c(S(=O)[O-])c1Cl.[Li+]. The Morgan fingerprint density at radius 2 is 1.86 bits per heavy atom. The van der Waals surface area contributed by atoms with E-state index in [0.29, 0.717) is 16.1 Å². The molecule has 0 radical (unpaired) electrons. The van der Waals surface area contributed by atoms with Crippen molar-refractivity contribution in [2.24, 2.45) is 0 Å². The summed E-state index contributed by atoms with van der Waals surface area (Å²) in [4.78, 5) is 0.0895. The summed E-state index contributed by atoms with van der Waals surface area (Å²) in [5.74, 6) is 0. The van der Waals surface area contributed by atoms with Crippen LogP contribution in [0.25, 0.3) is 0 Å². The monoisotopic (exact) mass is 244 g/mol. The molecule has 2 nitrogen and oxygen atoms in total. The van der Waals surface area contributed by atoms with Gasteiger partial charge in [-0.3, -0.25) is 4.21 Å². The van der Waals surface area contributed by atoms with E-state index in [0.717, 1.165) is 0 Å². The van der Waals surface area contributed by atoms with Crippen LogP contribution in [0.15, 0.2) is 11.0 Å². The molecule has 1 atom stereocenters. The smallest absolute Gasteiger partial charge is 0.768 e. The van der Waals surface area contributed by atoms with E-state index in [-0.39, 0.29) is 28.8 Å². The Morgan fingerprint density at radius 3 is 2.29 bits per heavy atom. The molecule has 72 valence electrons. The van der Waals surface area contributed by atoms with Crippen molar-refractivity contribution in [3.05, 3.63) is 27.2 Å². The first-order valence-corrected chi connectivity index (χ1v) is 5.32. The van der Waals surface area contributed by atoms with E-state index in [1.165, 1.54) is 0 Å². The predicted octanol–water partition coefficient (Wildman–Crippen LogP) is -0.148. The molecular formula is C8H7Cl2LiO2S. The van der Waals surface area contributed by atoms with E-state index >= 15 is 0 Å². The van der Waals surface area contributed by atoms with Gasteiger partial charge < -0.3 is 4.55 Å². The molecule has 0 N–H and O–H groups in total. The number of hydrogen-bond donors (Lipinski definition) is 0. The molecule has 0 aliphatic carbocycles. The van der Waals surface area contributed by atoms with Crippen LogP contribution in [0, 0.1) is 13.8 Å². The van der Waals surface area contributed by atoms with Crippen LogP contribution in [-0.2, 0) is 11.1 Å². The summed E-state index contributed by atoms with van der Waals surface area (Å²) in [6.45, 7) is 3.34. The maximum atomic E-state index is 10.8. The van der Waals surface area contributed by atoms with Gasteiger partial charge in [-0.2, -0.15) is 0 Å². The van der Waals surface area contributed by atoms with Crippen molar-refractivity contribution in [2.45, 2.75) is 18.7 Å². The number of hydrogen-bond acceptors (Lipinski definition) is 2. The van der Waals surface area contributed by atoms with Gasteiger partial charge in [-0.15, -0.1) is 0 Å². The molecule has 0 aliphatic rings. The summed E-state index contributed by atoms with van der Waals surface area (Å²) < 4.78 is 21.6. The summed E-state index contributed by atoms with van der Waals surface area (Å²) in [5, 5.41) is 0.663. The molecule has 6 heteroatoms. The second kappa shape index (κ2) is 5.55. The second-order valence-corrected chi connectivity index (χ2v) is 4.34. The molecule has 0 bridgehead atoms. The molecule has 1 rings (SSSR count). The number of rotatable bonds is 1. The summed E-state index contributed by atoms with van der Waals surface area (Å²) in [6, 6.07) is 1.65. The third-order valence-corrected chi connectivity index (χ3v) is 3.59. The average Bonchev–Trinajstić information content (AvgIpc) is 2.01. The molecule has 0 aromatic heterocycles. The van der Waals surface area contributed by atoms with Crippen LogP contribution < -0.4 is 18.9 Å². The van der Waals surface area contributed by atoms with Crippen LogP contribution in [0.5, 0.6) is 0 Å². The predicted molar refractivity (Wildman–Crippen MR) is 53.1 cm³/mol. The molecule has 1 unspecified atom stereocenters. The van der Waals surface area contributed by atoms with E-state index in [2.05, 4.69) is 0 Å². The van der Waals surface area contributed by atoms with Gasteiger partial charge in [0.25, 0.3) is 0 Å². The zero-order valence-electron chi connectivity index (χ0n) is 8.06. The van der Waals surface area contributed by atoms with E-state index in [4.69, 9.17) is 23.2 Å². The molecular weight excluding hydrogens is 238 g/mol. The topological polar surface area (TPSA) is 40.1 Å². The Hall–Kier alpha value is 0.507. The molecule has 0 fully saturated rings. The molecule has 0 heterocycles. The van der Waals surface area contributed by atoms with Gasteiger partial charge in [0.1, 0.15) is 0 Å². The van der Waals surface area contributed by atoms with Gasteiger partial charge in [-0.25, -0.2) is 0 Å². The van der Waals surface area contributed by atoms with E-state index in [1.807, 2.05) is 0 Å². The normalized spacial score (nSPS) is 12.1. The van der Waals surface area contributed by atoms with Crippen LogP contribution in [0.1, 0.15) is 11.1 Å². The fraction of sp³-hybridized carbons (Fsp3) is 0.250. The summed E-state index contributed by atoms with van der Waals surface area (Å²) in [5.41, 5.74) is 1.15. The van der Waals surface area contributed by atoms with E-state index < -0.39 is 11.1 Å². The Balaban J connectivity index is 0.00000169. The molecule has 14 heavy (non-hydrogen) atoms. The fourth-order valence-electron chi connectivity index (χ4n) is 1.01. The summed E-state index contributed by atoms with van der Waals surface area (Å²) in [6.07, 6.45) is 0. The van der Waals surface area contributed by atoms with E-state index in [1.54, 1.807) is 19.9 Å². The second-order valence-electron chi connectivity index (χ2n) is 2.68. The Bertz CT molecular complexity index is 356. The minimum absolute atomic E-state index is 0. The van der Waals surface area contributed by atoms with Crippen LogP contribution in [0.2, 0.25) is 10.0 Å². The van der Waals surface area contributed by atoms with Gasteiger partial charge >= 0.3 is 18.9 Å². The average molecular weight is 245 g/mol. The minimum Gasteiger partial charge on any atom is -0.768 e. The maximum absolute atomic E-state index is 10.8. The standard InChI is InChI=1S/C8H8Cl2O2S.Li/c1-4-3-6(9)5(2)8(7(4)10)13(11)12;/h3H,1-2H3,(H,11,12);/q;+1/p-1. The van der Waals surface area contributed by atoms with E-state index in [9.17, 15) is 8.76 Å². The first-order valence-electron chi connectivity index (χ1n) is 3.49. The molecule has 0 saturated heterocycles. The first-order chi connectivity index (χ1) is 5.95. The zero-order chi connectivity index (χ0) is 10.2. The molecule has 1 aromatic rings. The van der Waals surface area contributed by atoms with Gasteiger partial charge in [0.2, 0.25) is 0 Å². The van der Waals surface area contributed by atoms with Gasteiger partial charge in [0.15, 0.2) is 0 Å². The Morgan fingerprint density at radius 1 is 1.36 bits per heavy atom. The van der Waals surface area contributed by atoms with Crippen molar-refractivity contribution >= 4 is 34.3 Å². The molecule has 0 spiro atoms. The summed E-state index contributed by atoms with van der Waals surface area (Å²) in [7, 11) is 0. The molecule has 0 saturated carbocycles. The summed E-state index contributed by atoms with van der Waals surface area (Å²) >= 11 is 9.28. The van der Waals surface area contributed by atoms with Gasteiger partial charge in [0.05, 0.1) is 5.02 Å². The minimum atomic E-state index is -2.34. The van der Waals surface area contributed by atoms with Crippen LogP contribution in [0.4, 0.5) is 0 Å². The quantitative estimate of drug-likeness (QED) is 0.510. The largest absolute Gasteiger partial charge is 1.00 e. The Labute approximate surface area is 107 Å². The van der Waals surface area contributed by atoms with Crippen molar-refractivity contribution < 1.29 is 27.6 Å². The number of aryl methyl sites for hydroxylation is 1. The zero-order valence-corrected chi connectivity index (χ0v) is 10.4. The number of benzene rings is 1. The van der Waals surface area contributed by atoms with Crippen molar-refractivity contribution in [1.29, 1.82) is 0 Å². The molecule has 0 aliphatic heterocycles. The fourth-order valence-corrected chi connectivity index (χ4v) is 2.38. The van der Waals surface area contributed by atoms with Crippen molar-refractivity contribution in [1.82, 2.24) is 0 Å².